The zero-order valence-electron chi connectivity index (χ0n) is 11.2. The Morgan fingerprint density at radius 2 is 1.09 bits per heavy atom. The van der Waals surface area contributed by atoms with Crippen LogP contribution < -0.4 is 4.74 Å². The standard InChI is InChI=1S/C15H8Cl6O2/c16-14(17,18)10-3-1-9(2-4-10)13(22)23-12-7-5-11(6-8-12)15(19,20)21/h1-8H. The van der Waals surface area contributed by atoms with Crippen molar-refractivity contribution in [3.05, 3.63) is 65.2 Å². The van der Waals surface area contributed by atoms with Crippen LogP contribution >= 0.6 is 69.6 Å². The van der Waals surface area contributed by atoms with Gasteiger partial charge in [0, 0.05) is 11.1 Å². The van der Waals surface area contributed by atoms with E-state index in [1.807, 2.05) is 0 Å². The monoisotopic (exact) mass is 430 g/mol. The summed E-state index contributed by atoms with van der Waals surface area (Å²) in [7, 11) is 0. The highest BCUT2D eigenvalue weighted by Crippen LogP contribution is 2.39. The summed E-state index contributed by atoms with van der Waals surface area (Å²) >= 11 is 34.5. The second-order valence-electron chi connectivity index (χ2n) is 4.49. The minimum atomic E-state index is -1.55. The molecule has 23 heavy (non-hydrogen) atoms. The molecule has 0 saturated carbocycles. The van der Waals surface area contributed by atoms with Gasteiger partial charge in [-0.25, -0.2) is 4.79 Å². The summed E-state index contributed by atoms with van der Waals surface area (Å²) in [4.78, 5) is 12.1. The topological polar surface area (TPSA) is 26.3 Å². The lowest BCUT2D eigenvalue weighted by Crippen LogP contribution is -2.09. The molecule has 0 bridgehead atoms. The second-order valence-corrected chi connectivity index (χ2v) is 9.05. The maximum atomic E-state index is 12.1. The Morgan fingerprint density at radius 1 is 0.696 bits per heavy atom. The van der Waals surface area contributed by atoms with Gasteiger partial charge in [0.05, 0.1) is 5.56 Å². The number of benzene rings is 2. The number of ether oxygens (including phenoxy) is 1. The molecule has 2 rings (SSSR count). The Hall–Kier alpha value is -0.350. The molecule has 0 aliphatic carbocycles. The van der Waals surface area contributed by atoms with Crippen LogP contribution in [-0.4, -0.2) is 5.97 Å². The largest absolute Gasteiger partial charge is 0.423 e. The van der Waals surface area contributed by atoms with Gasteiger partial charge in [-0.05, 0) is 24.3 Å². The van der Waals surface area contributed by atoms with Gasteiger partial charge in [-0.3, -0.25) is 0 Å². The Balaban J connectivity index is 2.10. The van der Waals surface area contributed by atoms with Crippen molar-refractivity contribution in [1.82, 2.24) is 0 Å². The molecular formula is C15H8Cl6O2. The van der Waals surface area contributed by atoms with Crippen molar-refractivity contribution in [2.24, 2.45) is 0 Å². The van der Waals surface area contributed by atoms with E-state index in [9.17, 15) is 4.79 Å². The minimum absolute atomic E-state index is 0.313. The molecule has 2 aromatic rings. The summed E-state index contributed by atoms with van der Waals surface area (Å²) in [5, 5.41) is 0. The van der Waals surface area contributed by atoms with Gasteiger partial charge >= 0.3 is 5.97 Å². The van der Waals surface area contributed by atoms with Gasteiger partial charge in [0.2, 0.25) is 7.59 Å². The summed E-state index contributed by atoms with van der Waals surface area (Å²) in [6.45, 7) is 0. The van der Waals surface area contributed by atoms with E-state index in [0.29, 0.717) is 22.4 Å². The smallest absolute Gasteiger partial charge is 0.343 e. The van der Waals surface area contributed by atoms with Crippen LogP contribution in [0.3, 0.4) is 0 Å². The number of esters is 1. The Morgan fingerprint density at radius 3 is 1.48 bits per heavy atom. The molecule has 0 aliphatic rings. The number of hydrogen-bond donors (Lipinski definition) is 0. The van der Waals surface area contributed by atoms with Crippen molar-refractivity contribution in [3.63, 3.8) is 0 Å². The number of halogens is 6. The first kappa shape index (κ1) is 19.0. The first-order valence-corrected chi connectivity index (χ1v) is 8.41. The third-order valence-electron chi connectivity index (χ3n) is 2.84. The van der Waals surface area contributed by atoms with Crippen molar-refractivity contribution in [1.29, 1.82) is 0 Å². The van der Waals surface area contributed by atoms with Gasteiger partial charge < -0.3 is 4.74 Å². The quantitative estimate of drug-likeness (QED) is 0.305. The third-order valence-corrected chi connectivity index (χ3v) is 4.15. The average Bonchev–Trinajstić information content (AvgIpc) is 2.46. The molecule has 0 atom stereocenters. The fourth-order valence-corrected chi connectivity index (χ4v) is 2.43. The molecule has 0 N–H and O–H groups in total. The predicted molar refractivity (Wildman–Crippen MR) is 96.3 cm³/mol. The summed E-state index contributed by atoms with van der Waals surface area (Å²) in [6.07, 6.45) is 0. The molecule has 0 saturated heterocycles. The maximum absolute atomic E-state index is 12.1. The fraction of sp³-hybridized carbons (Fsp3) is 0.133. The average molecular weight is 433 g/mol. The van der Waals surface area contributed by atoms with Gasteiger partial charge in [0.25, 0.3) is 0 Å². The normalized spacial score (nSPS) is 12.1. The van der Waals surface area contributed by atoms with E-state index in [-0.39, 0.29) is 0 Å². The van der Waals surface area contributed by atoms with Crippen molar-refractivity contribution < 1.29 is 9.53 Å². The van der Waals surface area contributed by atoms with E-state index in [2.05, 4.69) is 0 Å². The number of carbonyl (C=O) groups excluding carboxylic acids is 1. The molecule has 2 aromatic carbocycles. The van der Waals surface area contributed by atoms with Crippen molar-refractivity contribution in [2.75, 3.05) is 0 Å². The first-order valence-electron chi connectivity index (χ1n) is 6.14. The van der Waals surface area contributed by atoms with E-state index in [4.69, 9.17) is 74.3 Å². The predicted octanol–water partition coefficient (Wildman–Crippen LogP) is 6.56. The molecule has 2 nitrogen and oxygen atoms in total. The highest BCUT2D eigenvalue weighted by atomic mass is 35.6. The van der Waals surface area contributed by atoms with E-state index in [1.165, 1.54) is 36.4 Å². The SMILES string of the molecule is O=C(Oc1ccc(C(Cl)(Cl)Cl)cc1)c1ccc(C(Cl)(Cl)Cl)cc1. The highest BCUT2D eigenvalue weighted by molar-refractivity contribution is 6.67. The second kappa shape index (κ2) is 7.26. The number of rotatable bonds is 2. The van der Waals surface area contributed by atoms with Crippen LogP contribution in [0.4, 0.5) is 0 Å². The summed E-state index contributed by atoms with van der Waals surface area (Å²) in [6, 6.07) is 12.3. The lowest BCUT2D eigenvalue weighted by atomic mass is 10.1. The van der Waals surface area contributed by atoms with Gasteiger partial charge in [0.15, 0.2) is 0 Å². The molecule has 0 spiro atoms. The first-order chi connectivity index (χ1) is 10.6. The van der Waals surface area contributed by atoms with Crippen LogP contribution in [0.25, 0.3) is 0 Å². The van der Waals surface area contributed by atoms with Crippen molar-refractivity contribution in [2.45, 2.75) is 7.59 Å². The van der Waals surface area contributed by atoms with E-state index < -0.39 is 13.6 Å². The number of hydrogen-bond acceptors (Lipinski definition) is 2. The molecule has 0 amide bonds. The number of carbonyl (C=O) groups is 1. The van der Waals surface area contributed by atoms with Crippen LogP contribution in [-0.2, 0) is 7.59 Å². The van der Waals surface area contributed by atoms with E-state index in [0.717, 1.165) is 0 Å². The van der Waals surface area contributed by atoms with Gasteiger partial charge in [-0.2, -0.15) is 0 Å². The maximum Gasteiger partial charge on any atom is 0.343 e. The molecule has 0 fully saturated rings. The van der Waals surface area contributed by atoms with Gasteiger partial charge in [-0.15, -0.1) is 0 Å². The minimum Gasteiger partial charge on any atom is -0.423 e. The van der Waals surface area contributed by atoms with Crippen LogP contribution in [0.5, 0.6) is 5.75 Å². The van der Waals surface area contributed by atoms with E-state index >= 15 is 0 Å². The molecule has 0 heterocycles. The molecule has 0 aliphatic heterocycles. The van der Waals surface area contributed by atoms with Crippen LogP contribution in [0.2, 0.25) is 0 Å². The van der Waals surface area contributed by atoms with E-state index in [1.54, 1.807) is 12.1 Å². The lowest BCUT2D eigenvalue weighted by molar-refractivity contribution is 0.0734. The summed E-state index contributed by atoms with van der Waals surface area (Å²) in [5.41, 5.74) is 1.23. The summed E-state index contributed by atoms with van der Waals surface area (Å²) in [5.74, 6) is -0.235. The van der Waals surface area contributed by atoms with Crippen LogP contribution in [0.1, 0.15) is 21.5 Å². The molecule has 0 unspecified atom stereocenters. The lowest BCUT2D eigenvalue weighted by Gasteiger charge is -2.12. The van der Waals surface area contributed by atoms with Crippen LogP contribution in [0.15, 0.2) is 48.5 Å². The third kappa shape index (κ3) is 5.32. The zero-order valence-corrected chi connectivity index (χ0v) is 15.7. The Kier molecular flexibility index (Phi) is 5.99. The Labute approximate surface area is 163 Å². The highest BCUT2D eigenvalue weighted by Gasteiger charge is 2.24. The molecule has 0 aromatic heterocycles. The van der Waals surface area contributed by atoms with Gasteiger partial charge in [0.1, 0.15) is 5.75 Å². The molecule has 8 heteroatoms. The Bertz CT molecular complexity index is 684. The number of alkyl halides is 6. The van der Waals surface area contributed by atoms with Gasteiger partial charge in [-0.1, -0.05) is 93.9 Å². The molecule has 0 radical (unpaired) electrons. The fourth-order valence-electron chi connectivity index (χ4n) is 1.67. The van der Waals surface area contributed by atoms with Crippen LogP contribution in [0, 0.1) is 0 Å². The van der Waals surface area contributed by atoms with Crippen molar-refractivity contribution >= 4 is 75.6 Å². The summed E-state index contributed by atoms with van der Waals surface area (Å²) < 4.78 is 2.15. The van der Waals surface area contributed by atoms with Crippen molar-refractivity contribution in [3.8, 4) is 5.75 Å². The molecular weight excluding hydrogens is 425 g/mol. The zero-order chi connectivity index (χ0) is 17.3. The molecule has 122 valence electrons.